The van der Waals surface area contributed by atoms with Gasteiger partial charge < -0.3 is 10.2 Å². The molecule has 1 aliphatic heterocycles. The number of nitrogens with zero attached hydrogens (tertiary/aromatic N) is 2. The summed E-state index contributed by atoms with van der Waals surface area (Å²) in [5.41, 5.74) is 4.41. The highest BCUT2D eigenvalue weighted by Gasteiger charge is 2.18. The number of piperazine rings is 1. The van der Waals surface area contributed by atoms with Crippen LogP contribution in [0.1, 0.15) is 12.0 Å². The van der Waals surface area contributed by atoms with Gasteiger partial charge in [0.1, 0.15) is 0 Å². The van der Waals surface area contributed by atoms with Crippen LogP contribution in [0.15, 0.2) is 84.9 Å². The summed E-state index contributed by atoms with van der Waals surface area (Å²) in [5.74, 6) is 0.0742. The zero-order chi connectivity index (χ0) is 20.6. The van der Waals surface area contributed by atoms with Gasteiger partial charge in [0.2, 0.25) is 5.91 Å². The monoisotopic (exact) mass is 399 g/mol. The number of amides is 1. The molecule has 0 atom stereocenters. The lowest BCUT2D eigenvalue weighted by molar-refractivity contribution is -0.116. The Labute approximate surface area is 179 Å². The molecule has 4 rings (SSSR count). The van der Waals surface area contributed by atoms with Gasteiger partial charge in [0.05, 0.1) is 0 Å². The molecule has 3 aromatic rings. The molecular formula is C26H29N3O. The van der Waals surface area contributed by atoms with E-state index in [2.05, 4.69) is 63.6 Å². The Morgan fingerprint density at radius 2 is 1.33 bits per heavy atom. The van der Waals surface area contributed by atoms with Crippen molar-refractivity contribution in [2.75, 3.05) is 38.0 Å². The Morgan fingerprint density at radius 1 is 0.733 bits per heavy atom. The van der Waals surface area contributed by atoms with Crippen LogP contribution in [0.5, 0.6) is 0 Å². The fourth-order valence-electron chi connectivity index (χ4n) is 3.95. The van der Waals surface area contributed by atoms with E-state index >= 15 is 0 Å². The largest absolute Gasteiger partial charge is 0.325 e. The van der Waals surface area contributed by atoms with Gasteiger partial charge in [-0.25, -0.2) is 0 Å². The lowest BCUT2D eigenvalue weighted by Crippen LogP contribution is -2.46. The van der Waals surface area contributed by atoms with Crippen molar-refractivity contribution in [3.05, 3.63) is 90.5 Å². The number of carbonyl (C=O) groups excluding carboxylic acids is 1. The molecule has 1 aliphatic rings. The number of hydrogen-bond donors (Lipinski definition) is 1. The van der Waals surface area contributed by atoms with Crippen molar-refractivity contribution in [1.29, 1.82) is 0 Å². The number of rotatable bonds is 7. The van der Waals surface area contributed by atoms with Crippen LogP contribution in [0.3, 0.4) is 0 Å². The van der Waals surface area contributed by atoms with E-state index in [1.807, 2.05) is 36.4 Å². The van der Waals surface area contributed by atoms with E-state index in [4.69, 9.17) is 0 Å². The standard InChI is InChI=1S/C26H29N3O/c30-26(27-25-14-8-7-13-24(25)23-11-5-2-6-12-23)15-16-28-17-19-29(20-18-28)21-22-9-3-1-4-10-22/h1-14H,15-21H2,(H,27,30). The lowest BCUT2D eigenvalue weighted by Gasteiger charge is -2.34. The van der Waals surface area contributed by atoms with Gasteiger partial charge in [-0.15, -0.1) is 0 Å². The third-order valence-corrected chi connectivity index (χ3v) is 5.65. The smallest absolute Gasteiger partial charge is 0.225 e. The fraction of sp³-hybridized carbons (Fsp3) is 0.269. The third kappa shape index (κ3) is 5.56. The van der Waals surface area contributed by atoms with Crippen LogP contribution in [0.2, 0.25) is 0 Å². The Balaban J connectivity index is 1.25. The van der Waals surface area contributed by atoms with Gasteiger partial charge in [-0.2, -0.15) is 0 Å². The lowest BCUT2D eigenvalue weighted by atomic mass is 10.0. The van der Waals surface area contributed by atoms with E-state index in [1.165, 1.54) is 5.56 Å². The van der Waals surface area contributed by atoms with E-state index in [0.717, 1.165) is 56.1 Å². The van der Waals surface area contributed by atoms with Gasteiger partial charge in [-0.05, 0) is 17.2 Å². The minimum Gasteiger partial charge on any atom is -0.325 e. The molecule has 0 bridgehead atoms. The normalized spacial score (nSPS) is 15.1. The summed E-state index contributed by atoms with van der Waals surface area (Å²) in [6, 6.07) is 28.8. The fourth-order valence-corrected chi connectivity index (χ4v) is 3.95. The molecular weight excluding hydrogens is 370 g/mol. The minimum absolute atomic E-state index is 0.0742. The maximum Gasteiger partial charge on any atom is 0.225 e. The highest BCUT2D eigenvalue weighted by molar-refractivity contribution is 5.95. The van der Waals surface area contributed by atoms with Crippen molar-refractivity contribution in [3.8, 4) is 11.1 Å². The van der Waals surface area contributed by atoms with Crippen molar-refractivity contribution in [3.63, 3.8) is 0 Å². The molecule has 1 amide bonds. The quantitative estimate of drug-likeness (QED) is 0.635. The maximum absolute atomic E-state index is 12.6. The Kier molecular flexibility index (Phi) is 6.91. The first-order valence-electron chi connectivity index (χ1n) is 10.7. The minimum atomic E-state index is 0.0742. The maximum atomic E-state index is 12.6. The average Bonchev–Trinajstić information content (AvgIpc) is 2.80. The van der Waals surface area contributed by atoms with Crippen LogP contribution >= 0.6 is 0 Å². The Hall–Kier alpha value is -2.95. The molecule has 1 N–H and O–H groups in total. The molecule has 3 aromatic carbocycles. The molecule has 0 aromatic heterocycles. The van der Waals surface area contributed by atoms with Crippen LogP contribution in [0, 0.1) is 0 Å². The molecule has 0 saturated carbocycles. The molecule has 1 heterocycles. The predicted molar refractivity (Wildman–Crippen MR) is 123 cm³/mol. The summed E-state index contributed by atoms with van der Waals surface area (Å²) in [6.45, 7) is 5.94. The van der Waals surface area contributed by atoms with Gasteiger partial charge in [0.15, 0.2) is 0 Å². The predicted octanol–water partition coefficient (Wildman–Crippen LogP) is 4.50. The van der Waals surface area contributed by atoms with E-state index in [0.29, 0.717) is 6.42 Å². The van der Waals surface area contributed by atoms with Gasteiger partial charge >= 0.3 is 0 Å². The second kappa shape index (κ2) is 10.2. The highest BCUT2D eigenvalue weighted by atomic mass is 16.1. The van der Waals surface area contributed by atoms with Gasteiger partial charge in [0, 0.05) is 56.9 Å². The molecule has 154 valence electrons. The summed E-state index contributed by atoms with van der Waals surface area (Å²) in [6.07, 6.45) is 0.516. The molecule has 4 nitrogen and oxygen atoms in total. The molecule has 0 aliphatic carbocycles. The van der Waals surface area contributed by atoms with Crippen LogP contribution < -0.4 is 5.32 Å². The van der Waals surface area contributed by atoms with E-state index in [9.17, 15) is 4.79 Å². The van der Waals surface area contributed by atoms with Gasteiger partial charge in [-0.1, -0.05) is 78.9 Å². The molecule has 0 unspecified atom stereocenters. The van der Waals surface area contributed by atoms with Gasteiger partial charge in [0.25, 0.3) is 0 Å². The number of hydrogen-bond acceptors (Lipinski definition) is 3. The first-order valence-corrected chi connectivity index (χ1v) is 10.7. The van der Waals surface area contributed by atoms with Crippen LogP contribution in [-0.2, 0) is 11.3 Å². The van der Waals surface area contributed by atoms with Crippen molar-refractivity contribution in [2.24, 2.45) is 0 Å². The van der Waals surface area contributed by atoms with Crippen LogP contribution in [0.25, 0.3) is 11.1 Å². The van der Waals surface area contributed by atoms with E-state index in [1.54, 1.807) is 0 Å². The third-order valence-electron chi connectivity index (χ3n) is 5.65. The van der Waals surface area contributed by atoms with Crippen LogP contribution in [-0.4, -0.2) is 48.4 Å². The number of benzene rings is 3. The SMILES string of the molecule is O=C(CCN1CCN(Cc2ccccc2)CC1)Nc1ccccc1-c1ccccc1. The number of carbonyl (C=O) groups is 1. The van der Waals surface area contributed by atoms with Crippen molar-refractivity contribution >= 4 is 11.6 Å². The summed E-state index contributed by atoms with van der Waals surface area (Å²) < 4.78 is 0. The second-order valence-corrected chi connectivity index (χ2v) is 7.81. The molecule has 1 fully saturated rings. The Bertz CT molecular complexity index is 935. The topological polar surface area (TPSA) is 35.6 Å². The van der Waals surface area contributed by atoms with E-state index < -0.39 is 0 Å². The number of anilines is 1. The van der Waals surface area contributed by atoms with E-state index in [-0.39, 0.29) is 5.91 Å². The molecule has 30 heavy (non-hydrogen) atoms. The zero-order valence-electron chi connectivity index (χ0n) is 17.3. The van der Waals surface area contributed by atoms with Crippen molar-refractivity contribution in [1.82, 2.24) is 9.80 Å². The summed E-state index contributed by atoms with van der Waals surface area (Å²) in [4.78, 5) is 17.5. The summed E-state index contributed by atoms with van der Waals surface area (Å²) in [7, 11) is 0. The highest BCUT2D eigenvalue weighted by Crippen LogP contribution is 2.27. The molecule has 0 spiro atoms. The average molecular weight is 400 g/mol. The van der Waals surface area contributed by atoms with Crippen LogP contribution in [0.4, 0.5) is 5.69 Å². The van der Waals surface area contributed by atoms with Crippen molar-refractivity contribution < 1.29 is 4.79 Å². The first-order chi connectivity index (χ1) is 14.8. The molecule has 0 radical (unpaired) electrons. The summed E-state index contributed by atoms with van der Waals surface area (Å²) in [5, 5.41) is 3.11. The Morgan fingerprint density at radius 3 is 2.07 bits per heavy atom. The zero-order valence-corrected chi connectivity index (χ0v) is 17.3. The van der Waals surface area contributed by atoms with Gasteiger partial charge in [-0.3, -0.25) is 9.69 Å². The van der Waals surface area contributed by atoms with Crippen molar-refractivity contribution in [2.45, 2.75) is 13.0 Å². The first kappa shape index (κ1) is 20.3. The number of nitrogens with one attached hydrogen (secondary N) is 1. The number of para-hydroxylation sites is 1. The molecule has 1 saturated heterocycles. The summed E-state index contributed by atoms with van der Waals surface area (Å²) >= 11 is 0. The molecule has 4 heteroatoms. The second-order valence-electron chi connectivity index (χ2n) is 7.81.